The van der Waals surface area contributed by atoms with E-state index in [-0.39, 0.29) is 17.6 Å². The molecule has 1 aliphatic heterocycles. The van der Waals surface area contributed by atoms with Crippen molar-refractivity contribution >= 4 is 32.7 Å². The number of fused-ring (bicyclic) bond motifs is 1. The van der Waals surface area contributed by atoms with Gasteiger partial charge in [0.2, 0.25) is 0 Å². The summed E-state index contributed by atoms with van der Waals surface area (Å²) >= 11 is 3.38. The molecule has 0 bridgehead atoms. The maximum Gasteiger partial charge on any atom is 0.341 e. The van der Waals surface area contributed by atoms with Crippen molar-refractivity contribution in [2.75, 3.05) is 13.7 Å². The molecule has 0 spiro atoms. The third-order valence-electron chi connectivity index (χ3n) is 3.83. The number of aromatic hydroxyl groups is 1. The van der Waals surface area contributed by atoms with E-state index in [4.69, 9.17) is 14.2 Å². The molecule has 2 aromatic rings. The number of carbonyl (C=O) groups excluding carboxylic acids is 1. The molecule has 5 nitrogen and oxygen atoms in total. The monoisotopic (exact) mass is 380 g/mol. The summed E-state index contributed by atoms with van der Waals surface area (Å²) in [6, 6.07) is 6.94. The van der Waals surface area contributed by atoms with Gasteiger partial charge >= 0.3 is 5.97 Å². The minimum Gasteiger partial charge on any atom is -0.506 e. The van der Waals surface area contributed by atoms with Gasteiger partial charge in [-0.3, -0.25) is 0 Å². The van der Waals surface area contributed by atoms with E-state index in [0.29, 0.717) is 23.1 Å². The number of phenols is 1. The molecule has 6 heteroatoms. The number of benzene rings is 2. The van der Waals surface area contributed by atoms with Crippen molar-refractivity contribution < 1.29 is 24.1 Å². The van der Waals surface area contributed by atoms with E-state index in [1.54, 1.807) is 6.07 Å². The van der Waals surface area contributed by atoms with Gasteiger partial charge in [-0.25, -0.2) is 4.79 Å². The first-order valence-electron chi connectivity index (χ1n) is 7.42. The van der Waals surface area contributed by atoms with Crippen molar-refractivity contribution in [1.29, 1.82) is 0 Å². The molecule has 1 unspecified atom stereocenters. The summed E-state index contributed by atoms with van der Waals surface area (Å²) in [6.45, 7) is 0.663. The fourth-order valence-corrected chi connectivity index (χ4v) is 3.02. The molecule has 122 valence electrons. The van der Waals surface area contributed by atoms with Gasteiger partial charge in [-0.05, 0) is 37.1 Å². The summed E-state index contributed by atoms with van der Waals surface area (Å²) < 4.78 is 17.1. The Morgan fingerprint density at radius 1 is 1.30 bits per heavy atom. The summed E-state index contributed by atoms with van der Waals surface area (Å²) in [5.74, 6) is -0.235. The second-order valence-corrected chi connectivity index (χ2v) is 6.28. The minimum atomic E-state index is -0.612. The molecule has 0 amide bonds. The fourth-order valence-electron chi connectivity index (χ4n) is 2.66. The number of halogens is 1. The molecule has 23 heavy (non-hydrogen) atoms. The van der Waals surface area contributed by atoms with Gasteiger partial charge in [0, 0.05) is 21.7 Å². The van der Waals surface area contributed by atoms with E-state index >= 15 is 0 Å². The molecule has 0 radical (unpaired) electrons. The zero-order valence-electron chi connectivity index (χ0n) is 12.7. The second kappa shape index (κ2) is 6.76. The van der Waals surface area contributed by atoms with E-state index in [0.717, 1.165) is 23.7 Å². The summed E-state index contributed by atoms with van der Waals surface area (Å²) in [5, 5.41) is 11.6. The van der Waals surface area contributed by atoms with Crippen LogP contribution in [0.2, 0.25) is 0 Å². The van der Waals surface area contributed by atoms with Crippen molar-refractivity contribution in [1.82, 2.24) is 0 Å². The number of carbonyl (C=O) groups is 1. The van der Waals surface area contributed by atoms with Gasteiger partial charge < -0.3 is 19.3 Å². The maximum absolute atomic E-state index is 11.9. The van der Waals surface area contributed by atoms with E-state index in [1.165, 1.54) is 13.2 Å². The predicted octanol–water partition coefficient (Wildman–Crippen LogP) is 4.00. The molecule has 1 atom stereocenters. The molecule has 1 fully saturated rings. The molecule has 1 aliphatic rings. The highest BCUT2D eigenvalue weighted by Gasteiger charge is 2.22. The molecule has 1 N–H and O–H groups in total. The zero-order valence-corrected chi connectivity index (χ0v) is 14.3. The van der Waals surface area contributed by atoms with Crippen LogP contribution in [0.15, 0.2) is 28.7 Å². The molecular weight excluding hydrogens is 364 g/mol. The lowest BCUT2D eigenvalue weighted by atomic mass is 10.0. The van der Waals surface area contributed by atoms with Gasteiger partial charge in [0.15, 0.2) is 6.29 Å². The van der Waals surface area contributed by atoms with Gasteiger partial charge in [0.1, 0.15) is 17.1 Å². The molecule has 0 saturated carbocycles. The lowest BCUT2D eigenvalue weighted by Crippen LogP contribution is -2.25. The molecule has 3 rings (SSSR count). The first kappa shape index (κ1) is 16.1. The Labute approximate surface area is 142 Å². The van der Waals surface area contributed by atoms with E-state index < -0.39 is 5.97 Å². The third-order valence-corrected chi connectivity index (χ3v) is 4.33. The number of phenolic OH excluding ortho intramolecular Hbond substituents is 1. The van der Waals surface area contributed by atoms with Crippen LogP contribution in [0.3, 0.4) is 0 Å². The van der Waals surface area contributed by atoms with Crippen LogP contribution in [-0.4, -0.2) is 31.1 Å². The zero-order chi connectivity index (χ0) is 16.4. The van der Waals surface area contributed by atoms with Crippen molar-refractivity contribution in [2.45, 2.75) is 25.6 Å². The predicted molar refractivity (Wildman–Crippen MR) is 88.9 cm³/mol. The first-order valence-corrected chi connectivity index (χ1v) is 8.21. The number of hydrogen-bond donors (Lipinski definition) is 1. The van der Waals surface area contributed by atoms with Crippen LogP contribution in [0, 0.1) is 0 Å². The number of rotatable bonds is 3. The number of methoxy groups -OCH3 is 1. The lowest BCUT2D eigenvalue weighted by molar-refractivity contribution is -0.105. The SMILES string of the molecule is COC(=O)c1cc(OC2CCCCO2)c2ccc(Br)cc2c1O. The van der Waals surface area contributed by atoms with E-state index in [2.05, 4.69) is 15.9 Å². The quantitative estimate of drug-likeness (QED) is 0.815. The average Bonchev–Trinajstić information content (AvgIpc) is 2.57. The van der Waals surface area contributed by atoms with Crippen molar-refractivity contribution in [2.24, 2.45) is 0 Å². The van der Waals surface area contributed by atoms with Crippen LogP contribution in [0.1, 0.15) is 29.6 Å². The van der Waals surface area contributed by atoms with Crippen molar-refractivity contribution in [3.63, 3.8) is 0 Å². The second-order valence-electron chi connectivity index (χ2n) is 5.37. The van der Waals surface area contributed by atoms with Gasteiger partial charge in [-0.2, -0.15) is 0 Å². The van der Waals surface area contributed by atoms with Crippen molar-refractivity contribution in [3.8, 4) is 11.5 Å². The Hall–Kier alpha value is -1.79. The molecular formula is C17H17BrO5. The highest BCUT2D eigenvalue weighted by Crippen LogP contribution is 2.38. The standard InChI is InChI=1S/C17H17BrO5/c1-21-17(20)13-9-14(23-15-4-2-3-7-22-15)11-6-5-10(18)8-12(11)16(13)19/h5-6,8-9,15,19H,2-4,7H2,1H3. The fraction of sp³-hybridized carbons (Fsp3) is 0.353. The Bertz CT molecular complexity index is 737. The smallest absolute Gasteiger partial charge is 0.341 e. The molecule has 1 heterocycles. The first-order chi connectivity index (χ1) is 11.1. The maximum atomic E-state index is 11.9. The van der Waals surface area contributed by atoms with Crippen LogP contribution >= 0.6 is 15.9 Å². The van der Waals surface area contributed by atoms with E-state index in [9.17, 15) is 9.90 Å². The van der Waals surface area contributed by atoms with Crippen LogP contribution in [0.25, 0.3) is 10.8 Å². The number of ether oxygens (including phenoxy) is 3. The molecule has 1 saturated heterocycles. The minimum absolute atomic E-state index is 0.0731. The average molecular weight is 381 g/mol. The Morgan fingerprint density at radius 3 is 2.83 bits per heavy atom. The molecule has 0 aromatic heterocycles. The van der Waals surface area contributed by atoms with Crippen LogP contribution in [0.4, 0.5) is 0 Å². The number of esters is 1. The Kier molecular flexibility index (Phi) is 4.73. The lowest BCUT2D eigenvalue weighted by Gasteiger charge is -2.24. The van der Waals surface area contributed by atoms with Gasteiger partial charge in [-0.1, -0.05) is 15.9 Å². The van der Waals surface area contributed by atoms with Gasteiger partial charge in [0.05, 0.1) is 13.7 Å². The van der Waals surface area contributed by atoms with Crippen molar-refractivity contribution in [3.05, 3.63) is 34.3 Å². The van der Waals surface area contributed by atoms with Crippen LogP contribution < -0.4 is 4.74 Å². The highest BCUT2D eigenvalue weighted by atomic mass is 79.9. The van der Waals surface area contributed by atoms with Crippen LogP contribution in [-0.2, 0) is 9.47 Å². The number of hydrogen-bond acceptors (Lipinski definition) is 5. The summed E-state index contributed by atoms with van der Waals surface area (Å²) in [5.41, 5.74) is 0.0731. The summed E-state index contributed by atoms with van der Waals surface area (Å²) in [6.07, 6.45) is 2.52. The Balaban J connectivity index is 2.10. The van der Waals surface area contributed by atoms with E-state index in [1.807, 2.05) is 12.1 Å². The highest BCUT2D eigenvalue weighted by molar-refractivity contribution is 9.10. The van der Waals surface area contributed by atoms with Gasteiger partial charge in [-0.15, -0.1) is 0 Å². The van der Waals surface area contributed by atoms with Crippen LogP contribution in [0.5, 0.6) is 11.5 Å². The summed E-state index contributed by atoms with van der Waals surface area (Å²) in [7, 11) is 1.28. The normalized spacial score (nSPS) is 17.9. The third kappa shape index (κ3) is 3.28. The molecule has 2 aromatic carbocycles. The van der Waals surface area contributed by atoms with Gasteiger partial charge in [0.25, 0.3) is 0 Å². The topological polar surface area (TPSA) is 65.0 Å². The Morgan fingerprint density at radius 2 is 2.13 bits per heavy atom. The largest absolute Gasteiger partial charge is 0.506 e. The molecule has 0 aliphatic carbocycles. The summed E-state index contributed by atoms with van der Waals surface area (Å²) in [4.78, 5) is 11.9.